The first-order chi connectivity index (χ1) is 8.78. The van der Waals surface area contributed by atoms with Crippen molar-refractivity contribution in [2.45, 2.75) is 19.6 Å². The zero-order valence-electron chi connectivity index (χ0n) is 9.88. The van der Waals surface area contributed by atoms with Crippen molar-refractivity contribution in [2.24, 2.45) is 0 Å². The molecule has 18 heavy (non-hydrogen) atoms. The molecular formula is C12H15BrN4O. The molecule has 0 fully saturated rings. The molecule has 1 aromatic carbocycles. The molecule has 6 heteroatoms. The van der Waals surface area contributed by atoms with E-state index >= 15 is 0 Å². The molecule has 0 amide bonds. The number of aliphatic hydroxyl groups is 1. The van der Waals surface area contributed by atoms with Crippen LogP contribution in [0.15, 0.2) is 34.9 Å². The molecule has 0 spiro atoms. The lowest BCUT2D eigenvalue weighted by molar-refractivity contribution is 0.268. The van der Waals surface area contributed by atoms with Crippen molar-refractivity contribution in [3.63, 3.8) is 0 Å². The van der Waals surface area contributed by atoms with Crippen LogP contribution in [0.25, 0.3) is 0 Å². The predicted molar refractivity (Wildman–Crippen MR) is 71.8 cm³/mol. The predicted octanol–water partition coefficient (Wildman–Crippen LogP) is 1.32. The van der Waals surface area contributed by atoms with E-state index in [-0.39, 0.29) is 6.61 Å². The van der Waals surface area contributed by atoms with Gasteiger partial charge in [0.05, 0.1) is 18.8 Å². The van der Waals surface area contributed by atoms with E-state index in [0.717, 1.165) is 16.7 Å². The number of nitrogens with one attached hydrogen (secondary N) is 1. The summed E-state index contributed by atoms with van der Waals surface area (Å²) in [5.41, 5.74) is 2.09. The molecule has 0 aliphatic rings. The highest BCUT2D eigenvalue weighted by molar-refractivity contribution is 9.10. The van der Waals surface area contributed by atoms with Crippen molar-refractivity contribution in [3.05, 3.63) is 46.2 Å². The summed E-state index contributed by atoms with van der Waals surface area (Å²) < 4.78 is 2.71. The molecule has 0 saturated heterocycles. The molecule has 2 aromatic rings. The van der Waals surface area contributed by atoms with Crippen LogP contribution in [0.4, 0.5) is 0 Å². The highest BCUT2D eigenvalue weighted by Crippen LogP contribution is 2.11. The number of hydrogen-bond acceptors (Lipinski definition) is 4. The molecule has 0 radical (unpaired) electrons. The van der Waals surface area contributed by atoms with Crippen LogP contribution < -0.4 is 5.32 Å². The minimum Gasteiger partial charge on any atom is -0.394 e. The van der Waals surface area contributed by atoms with Crippen molar-refractivity contribution >= 4 is 15.9 Å². The van der Waals surface area contributed by atoms with Gasteiger partial charge in [-0.15, -0.1) is 5.10 Å². The summed E-state index contributed by atoms with van der Waals surface area (Å²) in [4.78, 5) is 0. The van der Waals surface area contributed by atoms with E-state index in [4.69, 9.17) is 5.11 Å². The summed E-state index contributed by atoms with van der Waals surface area (Å²) in [6, 6.07) is 8.17. The van der Waals surface area contributed by atoms with Gasteiger partial charge in [-0.25, -0.2) is 4.68 Å². The summed E-state index contributed by atoms with van der Waals surface area (Å²) in [6.07, 6.45) is 1.84. The molecule has 0 aliphatic carbocycles. The van der Waals surface area contributed by atoms with Crippen molar-refractivity contribution in [1.82, 2.24) is 20.3 Å². The maximum atomic E-state index is 8.77. The standard InChI is InChI=1S/C12H15BrN4O/c13-11-3-1-2-10(6-11)7-14-8-12-9-17(4-5-18)16-15-12/h1-3,6,9,14,18H,4-5,7-8H2. The zero-order valence-corrected chi connectivity index (χ0v) is 11.5. The third-order valence-corrected chi connectivity index (χ3v) is 2.93. The monoisotopic (exact) mass is 310 g/mol. The first kappa shape index (κ1) is 13.2. The minimum atomic E-state index is 0.0776. The van der Waals surface area contributed by atoms with Gasteiger partial charge in [-0.2, -0.15) is 0 Å². The molecule has 5 nitrogen and oxygen atoms in total. The van der Waals surface area contributed by atoms with Crippen LogP contribution in [0.5, 0.6) is 0 Å². The number of benzene rings is 1. The van der Waals surface area contributed by atoms with Gasteiger partial charge in [0.25, 0.3) is 0 Å². The lowest BCUT2D eigenvalue weighted by Crippen LogP contribution is -2.12. The average Bonchev–Trinajstić information content (AvgIpc) is 2.78. The second-order valence-corrected chi connectivity index (χ2v) is 4.85. The zero-order chi connectivity index (χ0) is 12.8. The van der Waals surface area contributed by atoms with Gasteiger partial charge < -0.3 is 10.4 Å². The van der Waals surface area contributed by atoms with Crippen LogP contribution in [0.2, 0.25) is 0 Å². The normalized spacial score (nSPS) is 10.8. The molecule has 0 unspecified atom stereocenters. The number of rotatable bonds is 6. The van der Waals surface area contributed by atoms with Crippen molar-refractivity contribution in [3.8, 4) is 0 Å². The fourth-order valence-electron chi connectivity index (χ4n) is 1.61. The van der Waals surface area contributed by atoms with Gasteiger partial charge in [0, 0.05) is 23.8 Å². The molecule has 2 N–H and O–H groups in total. The van der Waals surface area contributed by atoms with Gasteiger partial charge in [0.15, 0.2) is 0 Å². The van der Waals surface area contributed by atoms with Crippen LogP contribution in [0.1, 0.15) is 11.3 Å². The number of aromatic nitrogens is 3. The van der Waals surface area contributed by atoms with Gasteiger partial charge in [0.1, 0.15) is 0 Å². The fraction of sp³-hybridized carbons (Fsp3) is 0.333. The van der Waals surface area contributed by atoms with E-state index in [0.29, 0.717) is 13.1 Å². The Hall–Kier alpha value is -1.24. The van der Waals surface area contributed by atoms with E-state index in [9.17, 15) is 0 Å². The number of aliphatic hydroxyl groups excluding tert-OH is 1. The van der Waals surface area contributed by atoms with Crippen molar-refractivity contribution in [2.75, 3.05) is 6.61 Å². The number of nitrogens with zero attached hydrogens (tertiary/aromatic N) is 3. The van der Waals surface area contributed by atoms with Crippen LogP contribution in [-0.4, -0.2) is 26.7 Å². The first-order valence-corrected chi connectivity index (χ1v) is 6.52. The SMILES string of the molecule is OCCn1cc(CNCc2cccc(Br)c2)nn1. The van der Waals surface area contributed by atoms with Crippen LogP contribution in [-0.2, 0) is 19.6 Å². The molecule has 0 aliphatic heterocycles. The summed E-state index contributed by atoms with van der Waals surface area (Å²) in [5.74, 6) is 0. The third kappa shape index (κ3) is 3.90. The Balaban J connectivity index is 1.81. The minimum absolute atomic E-state index is 0.0776. The molecule has 0 bridgehead atoms. The van der Waals surface area contributed by atoms with Gasteiger partial charge >= 0.3 is 0 Å². The lowest BCUT2D eigenvalue weighted by Gasteiger charge is -2.03. The van der Waals surface area contributed by atoms with Crippen LogP contribution >= 0.6 is 15.9 Å². The smallest absolute Gasteiger partial charge is 0.0964 e. The summed E-state index contributed by atoms with van der Waals surface area (Å²) >= 11 is 3.44. The van der Waals surface area contributed by atoms with E-state index in [2.05, 4.69) is 43.7 Å². The summed E-state index contributed by atoms with van der Waals surface area (Å²) in [6.45, 7) is 2.01. The van der Waals surface area contributed by atoms with Crippen molar-refractivity contribution < 1.29 is 5.11 Å². The van der Waals surface area contributed by atoms with Gasteiger partial charge in [-0.1, -0.05) is 33.3 Å². The lowest BCUT2D eigenvalue weighted by atomic mass is 10.2. The fourth-order valence-corrected chi connectivity index (χ4v) is 2.06. The maximum Gasteiger partial charge on any atom is 0.0964 e. The van der Waals surface area contributed by atoms with E-state index in [1.54, 1.807) is 4.68 Å². The molecule has 96 valence electrons. The number of halogens is 1. The largest absolute Gasteiger partial charge is 0.394 e. The second kappa shape index (κ2) is 6.63. The highest BCUT2D eigenvalue weighted by Gasteiger charge is 2.00. The second-order valence-electron chi connectivity index (χ2n) is 3.93. The molecule has 2 rings (SSSR count). The summed E-state index contributed by atoms with van der Waals surface area (Å²) in [7, 11) is 0. The Labute approximate surface area is 114 Å². The van der Waals surface area contributed by atoms with E-state index in [1.807, 2.05) is 18.3 Å². The Kier molecular flexibility index (Phi) is 4.86. The average molecular weight is 311 g/mol. The Morgan fingerprint density at radius 1 is 1.33 bits per heavy atom. The molecular weight excluding hydrogens is 296 g/mol. The van der Waals surface area contributed by atoms with Crippen LogP contribution in [0, 0.1) is 0 Å². The Morgan fingerprint density at radius 3 is 3.00 bits per heavy atom. The Bertz CT molecular complexity index is 500. The van der Waals surface area contributed by atoms with Gasteiger partial charge in [-0.05, 0) is 17.7 Å². The molecule has 1 heterocycles. The van der Waals surface area contributed by atoms with Crippen LogP contribution in [0.3, 0.4) is 0 Å². The van der Waals surface area contributed by atoms with Gasteiger partial charge in [0.2, 0.25) is 0 Å². The topological polar surface area (TPSA) is 63.0 Å². The molecule has 1 aromatic heterocycles. The van der Waals surface area contributed by atoms with E-state index in [1.165, 1.54) is 5.56 Å². The number of hydrogen-bond donors (Lipinski definition) is 2. The van der Waals surface area contributed by atoms with Crippen molar-refractivity contribution in [1.29, 1.82) is 0 Å². The third-order valence-electron chi connectivity index (χ3n) is 2.44. The van der Waals surface area contributed by atoms with Gasteiger partial charge in [-0.3, -0.25) is 0 Å². The van der Waals surface area contributed by atoms with E-state index < -0.39 is 0 Å². The first-order valence-electron chi connectivity index (χ1n) is 5.73. The maximum absolute atomic E-state index is 8.77. The molecule has 0 atom stereocenters. The highest BCUT2D eigenvalue weighted by atomic mass is 79.9. The Morgan fingerprint density at radius 2 is 2.22 bits per heavy atom. The summed E-state index contributed by atoms with van der Waals surface area (Å²) in [5, 5.41) is 20.0. The molecule has 0 saturated carbocycles. The quantitative estimate of drug-likeness (QED) is 0.845.